The number of carbonyl (C=O) groups excluding carboxylic acids is 1. The van der Waals surface area contributed by atoms with Crippen molar-refractivity contribution in [1.82, 2.24) is 24.9 Å². The van der Waals surface area contributed by atoms with Crippen LogP contribution in [0.2, 0.25) is 0 Å². The van der Waals surface area contributed by atoms with Crippen molar-refractivity contribution >= 4 is 22.5 Å². The van der Waals surface area contributed by atoms with Crippen LogP contribution in [0.4, 0.5) is 5.82 Å². The summed E-state index contributed by atoms with van der Waals surface area (Å²) >= 11 is 0. The van der Waals surface area contributed by atoms with Gasteiger partial charge in [-0.1, -0.05) is 17.3 Å². The Morgan fingerprint density at radius 1 is 1.25 bits per heavy atom. The number of hydrogen-bond acceptors (Lipinski definition) is 6. The molecule has 0 saturated carbocycles. The maximum absolute atomic E-state index is 12.4. The number of aromatic nitrogens is 4. The van der Waals surface area contributed by atoms with Gasteiger partial charge in [-0.2, -0.15) is 0 Å². The molecule has 1 saturated heterocycles. The second kappa shape index (κ2) is 8.04. The van der Waals surface area contributed by atoms with Crippen molar-refractivity contribution in [1.29, 1.82) is 0 Å². The third-order valence-corrected chi connectivity index (χ3v) is 5.12. The second-order valence-corrected chi connectivity index (χ2v) is 7.17. The Morgan fingerprint density at radius 3 is 2.79 bits per heavy atom. The van der Waals surface area contributed by atoms with Gasteiger partial charge in [-0.25, -0.2) is 4.98 Å². The Balaban J connectivity index is 1.44. The fraction of sp³-hybridized carbons (Fsp3) is 0.400. The number of anilines is 1. The van der Waals surface area contributed by atoms with Gasteiger partial charge in [-0.05, 0) is 30.4 Å². The van der Waals surface area contributed by atoms with Gasteiger partial charge in [0.15, 0.2) is 0 Å². The van der Waals surface area contributed by atoms with Gasteiger partial charge in [-0.3, -0.25) is 14.4 Å². The van der Waals surface area contributed by atoms with E-state index in [1.165, 1.54) is 0 Å². The SMILES string of the molecule is COC1CCN(CC(=O)Nc2cc3cc(-c4cn(C)nn4)ccc3cn2)CC1. The Hall–Kier alpha value is -2.84. The maximum Gasteiger partial charge on any atom is 0.239 e. The number of nitrogens with zero attached hydrogens (tertiary/aromatic N) is 5. The number of piperidine rings is 1. The lowest BCUT2D eigenvalue weighted by molar-refractivity contribution is -0.117. The third kappa shape index (κ3) is 4.18. The first-order chi connectivity index (χ1) is 13.6. The topological polar surface area (TPSA) is 85.2 Å². The van der Waals surface area contributed by atoms with E-state index in [1.807, 2.05) is 37.5 Å². The number of carbonyl (C=O) groups is 1. The van der Waals surface area contributed by atoms with Crippen molar-refractivity contribution in [3.8, 4) is 11.3 Å². The lowest BCUT2D eigenvalue weighted by Gasteiger charge is -2.30. The molecule has 1 aromatic carbocycles. The lowest BCUT2D eigenvalue weighted by Crippen LogP contribution is -2.41. The van der Waals surface area contributed by atoms with E-state index in [1.54, 1.807) is 18.0 Å². The van der Waals surface area contributed by atoms with E-state index in [-0.39, 0.29) is 5.91 Å². The van der Waals surface area contributed by atoms with E-state index in [9.17, 15) is 4.79 Å². The first kappa shape index (κ1) is 18.5. The number of aryl methyl sites for hydroxylation is 1. The van der Waals surface area contributed by atoms with Crippen molar-refractivity contribution < 1.29 is 9.53 Å². The summed E-state index contributed by atoms with van der Waals surface area (Å²) in [6.07, 6.45) is 5.88. The van der Waals surface area contributed by atoms with Crippen molar-refractivity contribution in [2.75, 3.05) is 32.1 Å². The van der Waals surface area contributed by atoms with Crippen LogP contribution in [0.5, 0.6) is 0 Å². The van der Waals surface area contributed by atoms with Crippen LogP contribution in [0.1, 0.15) is 12.8 Å². The number of nitrogens with one attached hydrogen (secondary N) is 1. The minimum absolute atomic E-state index is 0.0483. The van der Waals surface area contributed by atoms with Crippen LogP contribution in [-0.2, 0) is 16.6 Å². The Bertz CT molecular complexity index is 978. The molecule has 0 aliphatic carbocycles. The summed E-state index contributed by atoms with van der Waals surface area (Å²) in [4.78, 5) is 18.9. The number of benzene rings is 1. The smallest absolute Gasteiger partial charge is 0.239 e. The van der Waals surface area contributed by atoms with E-state index in [0.717, 1.165) is 48.0 Å². The molecule has 146 valence electrons. The predicted octanol–water partition coefficient (Wildman–Crippen LogP) is 2.08. The molecule has 3 heterocycles. The van der Waals surface area contributed by atoms with Gasteiger partial charge in [0.25, 0.3) is 0 Å². The molecule has 8 heteroatoms. The highest BCUT2D eigenvalue weighted by Gasteiger charge is 2.20. The number of ether oxygens (including phenoxy) is 1. The van der Waals surface area contributed by atoms with Crippen LogP contribution < -0.4 is 5.32 Å². The first-order valence-corrected chi connectivity index (χ1v) is 9.42. The largest absolute Gasteiger partial charge is 0.381 e. The molecule has 0 radical (unpaired) electrons. The van der Waals surface area contributed by atoms with Crippen LogP contribution in [0.25, 0.3) is 22.0 Å². The summed E-state index contributed by atoms with van der Waals surface area (Å²) in [5, 5.41) is 13.1. The normalized spacial score (nSPS) is 15.8. The zero-order valence-electron chi connectivity index (χ0n) is 16.1. The second-order valence-electron chi connectivity index (χ2n) is 7.17. The standard InChI is InChI=1S/C20H24N6O2/c1-25-12-18(23-24-25)14-3-4-15-11-21-19(10-16(15)9-14)22-20(27)13-26-7-5-17(28-2)6-8-26/h3-4,9-12,17H,5-8,13H2,1-2H3,(H,21,22,27). The highest BCUT2D eigenvalue weighted by molar-refractivity contribution is 5.94. The van der Waals surface area contributed by atoms with Crippen LogP contribution in [0.3, 0.4) is 0 Å². The van der Waals surface area contributed by atoms with E-state index in [4.69, 9.17) is 4.74 Å². The minimum atomic E-state index is -0.0483. The Kier molecular flexibility index (Phi) is 5.31. The molecule has 4 rings (SSSR count). The molecule has 2 aromatic heterocycles. The zero-order valence-corrected chi connectivity index (χ0v) is 16.1. The van der Waals surface area contributed by atoms with Crippen molar-refractivity contribution in [3.63, 3.8) is 0 Å². The fourth-order valence-electron chi connectivity index (χ4n) is 3.54. The monoisotopic (exact) mass is 380 g/mol. The van der Waals surface area contributed by atoms with Gasteiger partial charge in [0, 0.05) is 44.4 Å². The van der Waals surface area contributed by atoms with E-state index < -0.39 is 0 Å². The molecule has 0 bridgehead atoms. The molecule has 3 aromatic rings. The first-order valence-electron chi connectivity index (χ1n) is 9.42. The Labute approximate surface area is 163 Å². The summed E-state index contributed by atoms with van der Waals surface area (Å²) in [7, 11) is 3.58. The summed E-state index contributed by atoms with van der Waals surface area (Å²) in [5.74, 6) is 0.508. The molecule has 1 amide bonds. The maximum atomic E-state index is 12.4. The number of likely N-dealkylation sites (tertiary alicyclic amines) is 1. The molecule has 0 atom stereocenters. The third-order valence-electron chi connectivity index (χ3n) is 5.12. The molecule has 0 unspecified atom stereocenters. The van der Waals surface area contributed by atoms with E-state index in [2.05, 4.69) is 25.5 Å². The van der Waals surface area contributed by atoms with Gasteiger partial charge < -0.3 is 10.1 Å². The van der Waals surface area contributed by atoms with Gasteiger partial charge in [-0.15, -0.1) is 5.10 Å². The minimum Gasteiger partial charge on any atom is -0.381 e. The summed E-state index contributed by atoms with van der Waals surface area (Å²) in [6.45, 7) is 2.12. The number of amides is 1. The summed E-state index contributed by atoms with van der Waals surface area (Å²) < 4.78 is 7.05. The number of methoxy groups -OCH3 is 1. The van der Waals surface area contributed by atoms with Gasteiger partial charge >= 0.3 is 0 Å². The average Bonchev–Trinajstić information content (AvgIpc) is 3.14. The Morgan fingerprint density at radius 2 is 2.07 bits per heavy atom. The summed E-state index contributed by atoms with van der Waals surface area (Å²) in [5.41, 5.74) is 1.79. The summed E-state index contributed by atoms with van der Waals surface area (Å²) in [6, 6.07) is 7.92. The van der Waals surface area contributed by atoms with Gasteiger partial charge in [0.1, 0.15) is 11.5 Å². The fourth-order valence-corrected chi connectivity index (χ4v) is 3.54. The van der Waals surface area contributed by atoms with Crippen molar-refractivity contribution in [2.24, 2.45) is 7.05 Å². The van der Waals surface area contributed by atoms with Crippen LogP contribution in [-0.4, -0.2) is 63.6 Å². The molecule has 1 aliphatic rings. The van der Waals surface area contributed by atoms with Crippen molar-refractivity contribution in [2.45, 2.75) is 18.9 Å². The van der Waals surface area contributed by atoms with Gasteiger partial charge in [0.2, 0.25) is 5.91 Å². The predicted molar refractivity (Wildman–Crippen MR) is 107 cm³/mol. The van der Waals surface area contributed by atoms with Crippen LogP contribution in [0.15, 0.2) is 36.7 Å². The zero-order chi connectivity index (χ0) is 19.5. The number of rotatable bonds is 5. The van der Waals surface area contributed by atoms with E-state index in [0.29, 0.717) is 18.5 Å². The van der Waals surface area contributed by atoms with Crippen molar-refractivity contribution in [3.05, 3.63) is 36.7 Å². The lowest BCUT2D eigenvalue weighted by atomic mass is 10.1. The number of fused-ring (bicyclic) bond motifs is 1. The van der Waals surface area contributed by atoms with E-state index >= 15 is 0 Å². The number of hydrogen-bond donors (Lipinski definition) is 1. The molecule has 8 nitrogen and oxygen atoms in total. The molecule has 0 spiro atoms. The quantitative estimate of drug-likeness (QED) is 0.729. The molecule has 1 aliphatic heterocycles. The molecular weight excluding hydrogens is 356 g/mol. The highest BCUT2D eigenvalue weighted by Crippen LogP contribution is 2.24. The van der Waals surface area contributed by atoms with Crippen LogP contribution in [0, 0.1) is 0 Å². The molecule has 1 fully saturated rings. The van der Waals surface area contributed by atoms with Crippen LogP contribution >= 0.6 is 0 Å². The number of pyridine rings is 1. The van der Waals surface area contributed by atoms with Gasteiger partial charge in [0.05, 0.1) is 18.8 Å². The highest BCUT2D eigenvalue weighted by atomic mass is 16.5. The molecule has 1 N–H and O–H groups in total. The molecule has 28 heavy (non-hydrogen) atoms. The molecular formula is C20H24N6O2. The average molecular weight is 380 g/mol.